The van der Waals surface area contributed by atoms with Gasteiger partial charge in [0.15, 0.2) is 9.84 Å². The Balaban J connectivity index is 1.29. The van der Waals surface area contributed by atoms with Gasteiger partial charge in [0.25, 0.3) is 0 Å². The Kier molecular flexibility index (Phi) is 6.31. The third-order valence-corrected chi connectivity index (χ3v) is 6.91. The SMILES string of the molecule is O=C(CCS(=O)(=O)c1ccc2c(c1)CCC2)Nc1cccc(OCCn2cncn2)c1. The molecule has 0 atom stereocenters. The van der Waals surface area contributed by atoms with Gasteiger partial charge in [-0.3, -0.25) is 4.79 Å². The van der Waals surface area contributed by atoms with Crippen LogP contribution in [-0.2, 0) is 34.0 Å². The first-order chi connectivity index (χ1) is 15.0. The summed E-state index contributed by atoms with van der Waals surface area (Å²) in [5, 5.41) is 6.74. The Morgan fingerprint density at radius 1 is 1.13 bits per heavy atom. The number of nitrogens with zero attached hydrogens (tertiary/aromatic N) is 3. The summed E-state index contributed by atoms with van der Waals surface area (Å²) in [6.45, 7) is 0.955. The molecule has 3 aromatic rings. The normalized spacial score (nSPS) is 13.0. The molecule has 9 heteroatoms. The largest absolute Gasteiger partial charge is 0.492 e. The van der Waals surface area contributed by atoms with Gasteiger partial charge < -0.3 is 10.1 Å². The van der Waals surface area contributed by atoms with Crippen molar-refractivity contribution in [2.24, 2.45) is 0 Å². The monoisotopic (exact) mass is 440 g/mol. The minimum Gasteiger partial charge on any atom is -0.492 e. The van der Waals surface area contributed by atoms with E-state index in [1.807, 2.05) is 6.07 Å². The number of carbonyl (C=O) groups is 1. The molecule has 1 aromatic heterocycles. The molecule has 1 amide bonds. The maximum absolute atomic E-state index is 12.6. The predicted molar refractivity (Wildman–Crippen MR) is 116 cm³/mol. The molecule has 31 heavy (non-hydrogen) atoms. The Morgan fingerprint density at radius 2 is 2.00 bits per heavy atom. The van der Waals surface area contributed by atoms with E-state index in [1.165, 1.54) is 11.9 Å². The van der Waals surface area contributed by atoms with Gasteiger partial charge in [0, 0.05) is 18.2 Å². The lowest BCUT2D eigenvalue weighted by Gasteiger charge is -2.10. The van der Waals surface area contributed by atoms with Crippen molar-refractivity contribution >= 4 is 21.4 Å². The van der Waals surface area contributed by atoms with Gasteiger partial charge in [-0.2, -0.15) is 5.10 Å². The molecule has 0 radical (unpaired) electrons. The van der Waals surface area contributed by atoms with Gasteiger partial charge >= 0.3 is 0 Å². The fraction of sp³-hybridized carbons (Fsp3) is 0.318. The van der Waals surface area contributed by atoms with Crippen molar-refractivity contribution in [2.75, 3.05) is 17.7 Å². The summed E-state index contributed by atoms with van der Waals surface area (Å²) < 4.78 is 32.6. The minimum absolute atomic E-state index is 0.114. The zero-order valence-corrected chi connectivity index (χ0v) is 17.8. The van der Waals surface area contributed by atoms with E-state index in [0.717, 1.165) is 24.8 Å². The van der Waals surface area contributed by atoms with E-state index in [4.69, 9.17) is 4.74 Å². The van der Waals surface area contributed by atoms with Gasteiger partial charge in [0.05, 0.1) is 17.2 Å². The number of nitrogens with one attached hydrogen (secondary N) is 1. The second-order valence-corrected chi connectivity index (χ2v) is 9.55. The Bertz CT molecular complexity index is 1160. The molecular weight excluding hydrogens is 416 g/mol. The molecule has 0 spiro atoms. The highest BCUT2D eigenvalue weighted by atomic mass is 32.2. The lowest BCUT2D eigenvalue weighted by Crippen LogP contribution is -2.17. The second kappa shape index (κ2) is 9.30. The van der Waals surface area contributed by atoms with Crippen LogP contribution in [0.3, 0.4) is 0 Å². The molecule has 8 nitrogen and oxygen atoms in total. The number of fused-ring (bicyclic) bond motifs is 1. The Morgan fingerprint density at radius 3 is 2.84 bits per heavy atom. The number of sulfone groups is 1. The van der Waals surface area contributed by atoms with Crippen molar-refractivity contribution in [2.45, 2.75) is 37.1 Å². The van der Waals surface area contributed by atoms with Gasteiger partial charge in [-0.25, -0.2) is 18.1 Å². The average molecular weight is 441 g/mol. The summed E-state index contributed by atoms with van der Waals surface area (Å²) >= 11 is 0. The fourth-order valence-corrected chi connectivity index (χ4v) is 4.87. The van der Waals surface area contributed by atoms with Crippen LogP contribution in [0.2, 0.25) is 0 Å². The van der Waals surface area contributed by atoms with Crippen LogP contribution in [0.15, 0.2) is 60.0 Å². The van der Waals surface area contributed by atoms with Crippen molar-refractivity contribution in [1.29, 1.82) is 0 Å². The summed E-state index contributed by atoms with van der Waals surface area (Å²) in [6, 6.07) is 12.3. The summed E-state index contributed by atoms with van der Waals surface area (Å²) in [7, 11) is -3.51. The molecule has 0 bridgehead atoms. The molecule has 0 aliphatic heterocycles. The smallest absolute Gasteiger partial charge is 0.225 e. The molecule has 1 N–H and O–H groups in total. The highest BCUT2D eigenvalue weighted by molar-refractivity contribution is 7.91. The van der Waals surface area contributed by atoms with E-state index in [1.54, 1.807) is 47.4 Å². The molecule has 162 valence electrons. The van der Waals surface area contributed by atoms with Crippen LogP contribution < -0.4 is 10.1 Å². The first-order valence-corrected chi connectivity index (χ1v) is 11.8. The standard InChI is InChI=1S/C22H24N4O4S/c27-22(9-12-31(28,29)21-8-7-17-3-1-4-18(17)13-21)25-19-5-2-6-20(14-19)30-11-10-26-16-23-15-24-26/h2,5-8,13-16H,1,3-4,9-12H2,(H,25,27). The zero-order chi connectivity index (χ0) is 21.7. The predicted octanol–water partition coefficient (Wildman–Crippen LogP) is 2.65. The minimum atomic E-state index is -3.51. The molecule has 0 fully saturated rings. The third kappa shape index (κ3) is 5.49. The first kappa shape index (κ1) is 21.0. The Hall–Kier alpha value is -3.20. The number of carbonyl (C=O) groups excluding carboxylic acids is 1. The number of hydrogen-bond donors (Lipinski definition) is 1. The number of amides is 1. The van der Waals surface area contributed by atoms with E-state index in [0.29, 0.717) is 29.5 Å². The summed E-state index contributed by atoms with van der Waals surface area (Å²) in [4.78, 5) is 16.5. The third-order valence-electron chi connectivity index (χ3n) is 5.20. The Labute approximate surface area is 181 Å². The summed E-state index contributed by atoms with van der Waals surface area (Å²) in [5.74, 6) is 0.0132. The van der Waals surface area contributed by atoms with Crippen molar-refractivity contribution in [3.8, 4) is 5.75 Å². The first-order valence-electron chi connectivity index (χ1n) is 10.2. The van der Waals surface area contributed by atoms with Crippen molar-refractivity contribution in [3.63, 3.8) is 0 Å². The van der Waals surface area contributed by atoms with Crippen LogP contribution in [0.5, 0.6) is 5.75 Å². The van der Waals surface area contributed by atoms with Gasteiger partial charge in [0.1, 0.15) is 25.0 Å². The average Bonchev–Trinajstić information content (AvgIpc) is 3.44. The number of hydrogen-bond acceptors (Lipinski definition) is 6. The number of anilines is 1. The molecule has 0 unspecified atom stereocenters. The van der Waals surface area contributed by atoms with Gasteiger partial charge in [0.2, 0.25) is 5.91 Å². The van der Waals surface area contributed by atoms with E-state index in [-0.39, 0.29) is 18.1 Å². The van der Waals surface area contributed by atoms with Crippen molar-refractivity contribution in [1.82, 2.24) is 14.8 Å². The zero-order valence-electron chi connectivity index (χ0n) is 17.0. The van der Waals surface area contributed by atoms with Crippen LogP contribution in [0.25, 0.3) is 0 Å². The lowest BCUT2D eigenvalue weighted by molar-refractivity contribution is -0.115. The quantitative estimate of drug-likeness (QED) is 0.549. The number of aromatic nitrogens is 3. The second-order valence-electron chi connectivity index (χ2n) is 7.44. The van der Waals surface area contributed by atoms with Crippen LogP contribution in [0.4, 0.5) is 5.69 Å². The highest BCUT2D eigenvalue weighted by Crippen LogP contribution is 2.25. The van der Waals surface area contributed by atoms with E-state index >= 15 is 0 Å². The maximum atomic E-state index is 12.6. The number of ether oxygens (including phenoxy) is 1. The molecule has 2 aromatic carbocycles. The van der Waals surface area contributed by atoms with Crippen LogP contribution in [0, 0.1) is 0 Å². The molecule has 4 rings (SSSR count). The van der Waals surface area contributed by atoms with E-state index < -0.39 is 9.84 Å². The summed E-state index contributed by atoms with van der Waals surface area (Å²) in [6.07, 6.45) is 5.93. The molecule has 0 saturated carbocycles. The molecule has 0 saturated heterocycles. The number of aryl methyl sites for hydroxylation is 2. The van der Waals surface area contributed by atoms with Crippen LogP contribution in [0.1, 0.15) is 24.0 Å². The van der Waals surface area contributed by atoms with Crippen molar-refractivity contribution < 1.29 is 17.9 Å². The molecular formula is C22H24N4O4S. The molecule has 1 aliphatic carbocycles. The molecule has 1 heterocycles. The number of benzene rings is 2. The van der Waals surface area contributed by atoms with E-state index in [9.17, 15) is 13.2 Å². The summed E-state index contributed by atoms with van der Waals surface area (Å²) in [5.41, 5.74) is 2.88. The van der Waals surface area contributed by atoms with E-state index in [2.05, 4.69) is 15.4 Å². The highest BCUT2D eigenvalue weighted by Gasteiger charge is 2.20. The van der Waals surface area contributed by atoms with Gasteiger partial charge in [-0.05, 0) is 54.7 Å². The topological polar surface area (TPSA) is 103 Å². The lowest BCUT2D eigenvalue weighted by atomic mass is 10.1. The van der Waals surface area contributed by atoms with Crippen LogP contribution in [-0.4, -0.2) is 41.4 Å². The van der Waals surface area contributed by atoms with Crippen LogP contribution >= 0.6 is 0 Å². The maximum Gasteiger partial charge on any atom is 0.225 e. The molecule has 1 aliphatic rings. The van der Waals surface area contributed by atoms with Crippen molar-refractivity contribution in [3.05, 3.63) is 66.2 Å². The van der Waals surface area contributed by atoms with Gasteiger partial charge in [-0.15, -0.1) is 0 Å². The van der Waals surface area contributed by atoms with Gasteiger partial charge in [-0.1, -0.05) is 12.1 Å². The fourth-order valence-electron chi connectivity index (χ4n) is 3.58. The number of rotatable bonds is 9.